The maximum Gasteiger partial charge on any atom is 0.254 e. The molecule has 0 spiro atoms. The molecule has 5 heterocycles. The molecule has 6 rings (SSSR count). The molecule has 1 unspecified atom stereocenters. The molecule has 1 aliphatic carbocycles. The van der Waals surface area contributed by atoms with Crippen molar-refractivity contribution >= 4 is 16.9 Å². The van der Waals surface area contributed by atoms with Crippen molar-refractivity contribution in [2.75, 3.05) is 13.1 Å². The normalized spacial score (nSPS) is 18.9. The quantitative estimate of drug-likeness (QED) is 0.496. The Kier molecular flexibility index (Phi) is 4.48. The van der Waals surface area contributed by atoms with Crippen LogP contribution in [0.2, 0.25) is 0 Å². The van der Waals surface area contributed by atoms with Crippen molar-refractivity contribution in [2.24, 2.45) is 0 Å². The Balaban J connectivity index is 1.44. The number of aromatic nitrogens is 7. The molecule has 1 amide bonds. The van der Waals surface area contributed by atoms with Crippen molar-refractivity contribution in [1.82, 2.24) is 39.4 Å². The Morgan fingerprint density at radius 1 is 1.19 bits per heavy atom. The molecule has 32 heavy (non-hydrogen) atoms. The predicted molar refractivity (Wildman–Crippen MR) is 118 cm³/mol. The summed E-state index contributed by atoms with van der Waals surface area (Å²) in [7, 11) is 0. The number of piperidine rings is 1. The summed E-state index contributed by atoms with van der Waals surface area (Å²) in [4.78, 5) is 29.2. The zero-order valence-electron chi connectivity index (χ0n) is 17.9. The van der Waals surface area contributed by atoms with Crippen LogP contribution >= 0.6 is 0 Å². The average Bonchev–Trinajstić information content (AvgIpc) is 3.44. The van der Waals surface area contributed by atoms with E-state index in [1.54, 1.807) is 23.5 Å². The molecular weight excluding hydrogens is 404 g/mol. The van der Waals surface area contributed by atoms with Crippen LogP contribution in [0.3, 0.4) is 0 Å². The number of fused-ring (bicyclic) bond motifs is 1. The Morgan fingerprint density at radius 2 is 2.09 bits per heavy atom. The summed E-state index contributed by atoms with van der Waals surface area (Å²) in [6, 6.07) is 7.86. The van der Waals surface area contributed by atoms with Gasteiger partial charge in [0, 0.05) is 30.9 Å². The van der Waals surface area contributed by atoms with E-state index in [2.05, 4.69) is 15.1 Å². The van der Waals surface area contributed by atoms with Crippen LogP contribution in [0.5, 0.6) is 0 Å². The Hall–Kier alpha value is -3.62. The molecule has 1 saturated heterocycles. The highest BCUT2D eigenvalue weighted by atomic mass is 16.2. The van der Waals surface area contributed by atoms with Crippen molar-refractivity contribution < 1.29 is 4.79 Å². The van der Waals surface area contributed by atoms with Gasteiger partial charge in [-0.15, -0.1) is 0 Å². The number of amides is 1. The SMILES string of the molecule is Cc1nn(-c2ccccn2)c2nc(C3CC3)cc(C(=O)N3CCCC(n4cncn4)C3)c12. The smallest absolute Gasteiger partial charge is 0.254 e. The summed E-state index contributed by atoms with van der Waals surface area (Å²) in [5.41, 5.74) is 3.16. The maximum atomic E-state index is 13.8. The molecular formula is C23H24N8O. The van der Waals surface area contributed by atoms with Gasteiger partial charge in [0.1, 0.15) is 12.7 Å². The first-order valence-corrected chi connectivity index (χ1v) is 11.1. The molecule has 2 fully saturated rings. The first-order valence-electron chi connectivity index (χ1n) is 11.1. The van der Waals surface area contributed by atoms with Gasteiger partial charge in [0.05, 0.1) is 22.7 Å². The van der Waals surface area contributed by atoms with Gasteiger partial charge in [-0.1, -0.05) is 6.07 Å². The molecule has 4 aromatic heterocycles. The maximum absolute atomic E-state index is 13.8. The van der Waals surface area contributed by atoms with Crippen molar-refractivity contribution in [2.45, 2.75) is 44.6 Å². The van der Waals surface area contributed by atoms with E-state index in [1.165, 1.54) is 0 Å². The summed E-state index contributed by atoms with van der Waals surface area (Å²) >= 11 is 0. The highest BCUT2D eigenvalue weighted by Gasteiger charge is 2.32. The van der Waals surface area contributed by atoms with Gasteiger partial charge in [0.15, 0.2) is 11.5 Å². The van der Waals surface area contributed by atoms with E-state index in [4.69, 9.17) is 10.1 Å². The lowest BCUT2D eigenvalue weighted by molar-refractivity contribution is 0.0674. The van der Waals surface area contributed by atoms with Crippen molar-refractivity contribution in [3.05, 3.63) is 60.1 Å². The van der Waals surface area contributed by atoms with E-state index in [-0.39, 0.29) is 11.9 Å². The highest BCUT2D eigenvalue weighted by molar-refractivity contribution is 6.06. The molecule has 162 valence electrons. The van der Waals surface area contributed by atoms with Crippen LogP contribution in [0.25, 0.3) is 16.9 Å². The third kappa shape index (κ3) is 3.24. The third-order valence-corrected chi connectivity index (χ3v) is 6.42. The van der Waals surface area contributed by atoms with Crippen LogP contribution in [0, 0.1) is 6.92 Å². The summed E-state index contributed by atoms with van der Waals surface area (Å²) < 4.78 is 3.63. The molecule has 9 nitrogen and oxygen atoms in total. The minimum atomic E-state index is 0.0350. The number of likely N-dealkylation sites (tertiary alicyclic amines) is 1. The molecule has 0 radical (unpaired) electrons. The van der Waals surface area contributed by atoms with Gasteiger partial charge in [-0.25, -0.2) is 19.6 Å². The molecule has 2 aliphatic rings. The average molecular weight is 429 g/mol. The zero-order valence-corrected chi connectivity index (χ0v) is 17.9. The molecule has 1 aliphatic heterocycles. The van der Waals surface area contributed by atoms with E-state index in [0.29, 0.717) is 29.5 Å². The number of hydrogen-bond acceptors (Lipinski definition) is 6. The van der Waals surface area contributed by atoms with Crippen LogP contribution in [-0.4, -0.2) is 58.4 Å². The summed E-state index contributed by atoms with van der Waals surface area (Å²) in [6.45, 7) is 3.30. The molecule has 0 bridgehead atoms. The standard InChI is InChI=1S/C23H24N8O/c1-15-21-18(23(32)29-10-4-5-17(12-29)30-14-24-13-26-30)11-19(16-7-8-16)27-22(21)31(28-15)20-6-2-3-9-25-20/h2-3,6,9,11,13-14,16-17H,4-5,7-8,10,12H2,1H3. The Morgan fingerprint density at radius 3 is 2.84 bits per heavy atom. The van der Waals surface area contributed by atoms with Gasteiger partial charge in [-0.3, -0.25) is 4.79 Å². The number of nitrogens with zero attached hydrogens (tertiary/aromatic N) is 8. The highest BCUT2D eigenvalue weighted by Crippen LogP contribution is 2.41. The van der Waals surface area contributed by atoms with Gasteiger partial charge >= 0.3 is 0 Å². The Bertz CT molecular complexity index is 1280. The number of hydrogen-bond donors (Lipinski definition) is 0. The zero-order chi connectivity index (χ0) is 21.7. The van der Waals surface area contributed by atoms with Crippen molar-refractivity contribution in [3.63, 3.8) is 0 Å². The van der Waals surface area contributed by atoms with E-state index in [9.17, 15) is 4.79 Å². The monoisotopic (exact) mass is 428 g/mol. The fourth-order valence-electron chi connectivity index (χ4n) is 4.64. The van der Waals surface area contributed by atoms with Crippen molar-refractivity contribution in [1.29, 1.82) is 0 Å². The van der Waals surface area contributed by atoms with Gasteiger partial charge < -0.3 is 4.90 Å². The number of aryl methyl sites for hydroxylation is 1. The van der Waals surface area contributed by atoms with Crippen molar-refractivity contribution in [3.8, 4) is 5.82 Å². The lowest BCUT2D eigenvalue weighted by Gasteiger charge is -2.32. The molecule has 1 atom stereocenters. The lowest BCUT2D eigenvalue weighted by atomic mass is 10.0. The second kappa shape index (κ2) is 7.51. The number of carbonyl (C=O) groups excluding carboxylic acids is 1. The topological polar surface area (TPSA) is 94.6 Å². The Labute approximate surface area is 185 Å². The second-order valence-electron chi connectivity index (χ2n) is 8.68. The van der Waals surface area contributed by atoms with Crippen LogP contribution in [0.4, 0.5) is 0 Å². The summed E-state index contributed by atoms with van der Waals surface area (Å²) in [6.07, 6.45) is 9.17. The van der Waals surface area contributed by atoms with Crippen LogP contribution < -0.4 is 0 Å². The van der Waals surface area contributed by atoms with Gasteiger partial charge in [0.25, 0.3) is 5.91 Å². The van der Waals surface area contributed by atoms with Crippen LogP contribution in [-0.2, 0) is 0 Å². The number of rotatable bonds is 4. The minimum absolute atomic E-state index is 0.0350. The van der Waals surface area contributed by atoms with Gasteiger partial charge in [-0.2, -0.15) is 14.9 Å². The van der Waals surface area contributed by atoms with Crippen LogP contribution in [0.15, 0.2) is 43.1 Å². The number of pyridine rings is 2. The van der Waals surface area contributed by atoms with E-state index < -0.39 is 0 Å². The first-order chi connectivity index (χ1) is 15.7. The van der Waals surface area contributed by atoms with E-state index in [0.717, 1.165) is 49.0 Å². The largest absolute Gasteiger partial charge is 0.336 e. The van der Waals surface area contributed by atoms with Gasteiger partial charge in [0.2, 0.25) is 0 Å². The molecule has 9 heteroatoms. The van der Waals surface area contributed by atoms with E-state index in [1.807, 2.05) is 40.8 Å². The fraction of sp³-hybridized carbons (Fsp3) is 0.391. The predicted octanol–water partition coefficient (Wildman–Crippen LogP) is 3.07. The number of carbonyl (C=O) groups is 1. The molecule has 4 aromatic rings. The second-order valence-corrected chi connectivity index (χ2v) is 8.68. The molecule has 0 aromatic carbocycles. The first kappa shape index (κ1) is 19.1. The third-order valence-electron chi connectivity index (χ3n) is 6.42. The van der Waals surface area contributed by atoms with Crippen LogP contribution in [0.1, 0.15) is 59.4 Å². The van der Waals surface area contributed by atoms with Gasteiger partial charge in [-0.05, 0) is 50.8 Å². The molecule has 0 N–H and O–H groups in total. The minimum Gasteiger partial charge on any atom is -0.336 e. The summed E-state index contributed by atoms with van der Waals surface area (Å²) in [5.74, 6) is 1.16. The van der Waals surface area contributed by atoms with E-state index >= 15 is 0 Å². The summed E-state index contributed by atoms with van der Waals surface area (Å²) in [5, 5.41) is 9.83. The molecule has 1 saturated carbocycles. The lowest BCUT2D eigenvalue weighted by Crippen LogP contribution is -2.41. The fourth-order valence-corrected chi connectivity index (χ4v) is 4.64.